The lowest BCUT2D eigenvalue weighted by Gasteiger charge is -2.18. The molecule has 0 aromatic rings. The minimum Gasteiger partial charge on any atom is -0.272 e. The molecule has 66 valence electrons. The Bertz CT molecular complexity index is 136. The van der Waals surface area contributed by atoms with E-state index in [-0.39, 0.29) is 17.4 Å². The summed E-state index contributed by atoms with van der Waals surface area (Å²) >= 11 is 0. The van der Waals surface area contributed by atoms with Gasteiger partial charge in [0, 0.05) is 5.41 Å². The van der Waals surface area contributed by atoms with E-state index in [2.05, 4.69) is 5.48 Å². The molecule has 0 rings (SSSR count). The van der Waals surface area contributed by atoms with Crippen LogP contribution in [-0.4, -0.2) is 12.0 Å². The minimum atomic E-state index is -0.380. The van der Waals surface area contributed by atoms with Crippen LogP contribution in [0.15, 0.2) is 0 Å². The molecule has 0 spiro atoms. The Morgan fingerprint density at radius 2 is 1.82 bits per heavy atom. The van der Waals surface area contributed by atoms with E-state index in [0.29, 0.717) is 0 Å². The molecule has 0 saturated heterocycles. The molecule has 0 aromatic carbocycles. The second kappa shape index (κ2) is 3.72. The lowest BCUT2D eigenvalue weighted by atomic mass is 9.96. The molecule has 0 unspecified atom stereocenters. The average Bonchev–Trinajstić information content (AvgIpc) is 1.80. The van der Waals surface area contributed by atoms with E-state index in [1.54, 1.807) is 0 Å². The standard InChI is InChI=1S/C8H17NO2/c1-6(2)11-9-7(10)8(3,4)5/h6H,1-5H3,(H,9,10). The first-order chi connectivity index (χ1) is 4.84. The Balaban J connectivity index is 3.71. The first kappa shape index (κ1) is 10.4. The van der Waals surface area contributed by atoms with E-state index in [1.807, 2.05) is 34.6 Å². The van der Waals surface area contributed by atoms with Gasteiger partial charge in [0.1, 0.15) is 0 Å². The van der Waals surface area contributed by atoms with Crippen LogP contribution in [-0.2, 0) is 9.63 Å². The average molecular weight is 159 g/mol. The highest BCUT2D eigenvalue weighted by Crippen LogP contribution is 2.12. The normalized spacial score (nSPS) is 11.8. The maximum Gasteiger partial charge on any atom is 0.248 e. The van der Waals surface area contributed by atoms with Gasteiger partial charge in [-0.2, -0.15) is 0 Å². The second-order valence-corrected chi connectivity index (χ2v) is 3.85. The molecule has 0 aliphatic carbocycles. The zero-order valence-electron chi connectivity index (χ0n) is 7.89. The molecule has 0 aliphatic heterocycles. The number of hydrogen-bond acceptors (Lipinski definition) is 2. The van der Waals surface area contributed by atoms with Crippen molar-refractivity contribution in [2.45, 2.75) is 40.7 Å². The first-order valence-electron chi connectivity index (χ1n) is 3.80. The molecular weight excluding hydrogens is 142 g/mol. The molecule has 11 heavy (non-hydrogen) atoms. The van der Waals surface area contributed by atoms with Crippen molar-refractivity contribution in [3.05, 3.63) is 0 Å². The van der Waals surface area contributed by atoms with E-state index < -0.39 is 0 Å². The van der Waals surface area contributed by atoms with Gasteiger partial charge in [-0.05, 0) is 13.8 Å². The van der Waals surface area contributed by atoms with Gasteiger partial charge in [-0.1, -0.05) is 20.8 Å². The Kier molecular flexibility index (Phi) is 3.52. The van der Waals surface area contributed by atoms with Gasteiger partial charge in [-0.3, -0.25) is 9.63 Å². The van der Waals surface area contributed by atoms with Crippen LogP contribution in [0, 0.1) is 5.41 Å². The summed E-state index contributed by atoms with van der Waals surface area (Å²) in [6.07, 6.45) is 0.0290. The van der Waals surface area contributed by atoms with Crippen molar-refractivity contribution in [3.8, 4) is 0 Å². The maximum atomic E-state index is 11.1. The van der Waals surface area contributed by atoms with Gasteiger partial charge in [0.2, 0.25) is 5.91 Å². The van der Waals surface area contributed by atoms with Crippen LogP contribution in [0.5, 0.6) is 0 Å². The van der Waals surface area contributed by atoms with Gasteiger partial charge < -0.3 is 0 Å². The summed E-state index contributed by atoms with van der Waals surface area (Å²) in [4.78, 5) is 16.1. The smallest absolute Gasteiger partial charge is 0.248 e. The molecule has 0 radical (unpaired) electrons. The Morgan fingerprint density at radius 3 is 2.09 bits per heavy atom. The van der Waals surface area contributed by atoms with Crippen molar-refractivity contribution in [2.75, 3.05) is 0 Å². The van der Waals surface area contributed by atoms with Crippen molar-refractivity contribution < 1.29 is 9.63 Å². The molecule has 1 amide bonds. The summed E-state index contributed by atoms with van der Waals surface area (Å²) in [5.74, 6) is -0.0915. The minimum absolute atomic E-state index is 0.0290. The topological polar surface area (TPSA) is 38.3 Å². The van der Waals surface area contributed by atoms with Crippen molar-refractivity contribution >= 4 is 5.91 Å². The lowest BCUT2D eigenvalue weighted by Crippen LogP contribution is -2.36. The molecule has 0 fully saturated rings. The summed E-state index contributed by atoms with van der Waals surface area (Å²) in [6.45, 7) is 9.25. The third kappa shape index (κ3) is 4.79. The number of hydrogen-bond donors (Lipinski definition) is 1. The van der Waals surface area contributed by atoms with Crippen molar-refractivity contribution in [2.24, 2.45) is 5.41 Å². The molecule has 0 aromatic heterocycles. The quantitative estimate of drug-likeness (QED) is 0.620. The number of nitrogens with one attached hydrogen (secondary N) is 1. The fourth-order valence-corrected chi connectivity index (χ4v) is 0.324. The first-order valence-corrected chi connectivity index (χ1v) is 3.80. The van der Waals surface area contributed by atoms with Crippen molar-refractivity contribution in [1.29, 1.82) is 0 Å². The predicted octanol–water partition coefficient (Wildman–Crippen LogP) is 1.49. The molecular formula is C8H17NO2. The van der Waals surface area contributed by atoms with Crippen molar-refractivity contribution in [1.82, 2.24) is 5.48 Å². The van der Waals surface area contributed by atoms with Crippen LogP contribution in [0.3, 0.4) is 0 Å². The van der Waals surface area contributed by atoms with Crippen LogP contribution in [0.2, 0.25) is 0 Å². The summed E-state index contributed by atoms with van der Waals surface area (Å²) in [6, 6.07) is 0. The zero-order chi connectivity index (χ0) is 9.07. The highest BCUT2D eigenvalue weighted by molar-refractivity contribution is 5.80. The van der Waals surface area contributed by atoms with E-state index in [1.165, 1.54) is 0 Å². The van der Waals surface area contributed by atoms with Crippen LogP contribution in [0.4, 0.5) is 0 Å². The highest BCUT2D eigenvalue weighted by Gasteiger charge is 2.21. The third-order valence-corrected chi connectivity index (χ3v) is 1.07. The van der Waals surface area contributed by atoms with Crippen LogP contribution < -0.4 is 5.48 Å². The SMILES string of the molecule is CC(C)ONC(=O)C(C)(C)C. The third-order valence-electron chi connectivity index (χ3n) is 1.07. The fourth-order valence-electron chi connectivity index (χ4n) is 0.324. The van der Waals surface area contributed by atoms with Gasteiger partial charge >= 0.3 is 0 Å². The van der Waals surface area contributed by atoms with E-state index in [9.17, 15) is 4.79 Å². The molecule has 0 bridgehead atoms. The van der Waals surface area contributed by atoms with Gasteiger partial charge in [0.25, 0.3) is 0 Å². The monoisotopic (exact) mass is 159 g/mol. The summed E-state index contributed by atoms with van der Waals surface area (Å²) < 4.78 is 0. The van der Waals surface area contributed by atoms with Gasteiger partial charge in [-0.25, -0.2) is 5.48 Å². The van der Waals surface area contributed by atoms with Gasteiger partial charge in [0.05, 0.1) is 6.10 Å². The number of carbonyl (C=O) groups excluding carboxylic acids is 1. The second-order valence-electron chi connectivity index (χ2n) is 3.85. The van der Waals surface area contributed by atoms with Gasteiger partial charge in [0.15, 0.2) is 0 Å². The summed E-state index contributed by atoms with van der Waals surface area (Å²) in [5, 5.41) is 0. The fraction of sp³-hybridized carbons (Fsp3) is 0.875. The van der Waals surface area contributed by atoms with Crippen LogP contribution >= 0.6 is 0 Å². The maximum absolute atomic E-state index is 11.1. The molecule has 0 saturated carbocycles. The van der Waals surface area contributed by atoms with Gasteiger partial charge in [-0.15, -0.1) is 0 Å². The van der Waals surface area contributed by atoms with Crippen molar-refractivity contribution in [3.63, 3.8) is 0 Å². The molecule has 0 heterocycles. The Morgan fingerprint density at radius 1 is 1.36 bits per heavy atom. The summed E-state index contributed by atoms with van der Waals surface area (Å²) in [5.41, 5.74) is 2.00. The summed E-state index contributed by atoms with van der Waals surface area (Å²) in [7, 11) is 0. The number of amides is 1. The Hall–Kier alpha value is -0.570. The lowest BCUT2D eigenvalue weighted by molar-refractivity contribution is -0.144. The largest absolute Gasteiger partial charge is 0.272 e. The number of hydroxylamine groups is 1. The molecule has 3 heteroatoms. The molecule has 0 aliphatic rings. The number of rotatable bonds is 2. The zero-order valence-corrected chi connectivity index (χ0v) is 7.89. The van der Waals surface area contributed by atoms with E-state index in [4.69, 9.17) is 4.84 Å². The highest BCUT2D eigenvalue weighted by atomic mass is 16.7. The predicted molar refractivity (Wildman–Crippen MR) is 43.8 cm³/mol. The molecule has 0 atom stereocenters. The van der Waals surface area contributed by atoms with E-state index in [0.717, 1.165) is 0 Å². The van der Waals surface area contributed by atoms with Crippen LogP contribution in [0.25, 0.3) is 0 Å². The number of carbonyl (C=O) groups is 1. The Labute approximate surface area is 68.1 Å². The molecule has 1 N–H and O–H groups in total. The van der Waals surface area contributed by atoms with Crippen LogP contribution in [0.1, 0.15) is 34.6 Å². The molecule has 3 nitrogen and oxygen atoms in total. The van der Waals surface area contributed by atoms with E-state index >= 15 is 0 Å².